The molecule has 0 spiro atoms. The molecule has 1 heterocycles. The molecule has 0 bridgehead atoms. The Kier molecular flexibility index (Phi) is 5.48. The molecule has 1 aliphatic rings. The molecule has 1 aliphatic heterocycles. The zero-order valence-electron chi connectivity index (χ0n) is 11.2. The summed E-state index contributed by atoms with van der Waals surface area (Å²) in [5.41, 5.74) is 3.70. The summed E-state index contributed by atoms with van der Waals surface area (Å²) in [5, 5.41) is 0. The van der Waals surface area contributed by atoms with Gasteiger partial charge in [0.1, 0.15) is 0 Å². The van der Waals surface area contributed by atoms with Gasteiger partial charge in [0.25, 0.3) is 0 Å². The van der Waals surface area contributed by atoms with Gasteiger partial charge in [-0.15, -0.1) is 0 Å². The number of nitrogens with two attached hydrogens (primary N) is 1. The van der Waals surface area contributed by atoms with Gasteiger partial charge in [-0.3, -0.25) is 11.3 Å². The molecule has 1 fully saturated rings. The summed E-state index contributed by atoms with van der Waals surface area (Å²) in [7, 11) is 1.47. The molecule has 3 N–H and O–H groups in total. The Morgan fingerprint density at radius 3 is 2.79 bits per heavy atom. The van der Waals surface area contributed by atoms with Crippen LogP contribution in [0.15, 0.2) is 18.2 Å². The van der Waals surface area contributed by atoms with E-state index in [4.69, 9.17) is 10.6 Å². The zero-order valence-corrected chi connectivity index (χ0v) is 12.0. The van der Waals surface area contributed by atoms with E-state index in [1.807, 2.05) is 17.8 Å². The van der Waals surface area contributed by atoms with Gasteiger partial charge in [-0.05, 0) is 54.4 Å². The van der Waals surface area contributed by atoms with Crippen molar-refractivity contribution < 1.29 is 9.13 Å². The van der Waals surface area contributed by atoms with E-state index in [9.17, 15) is 4.39 Å². The molecule has 0 aromatic heterocycles. The average molecular weight is 284 g/mol. The maximum atomic E-state index is 13.7. The molecule has 0 aliphatic carbocycles. The fourth-order valence-corrected chi connectivity index (χ4v) is 3.72. The minimum absolute atomic E-state index is 0.00788. The van der Waals surface area contributed by atoms with Crippen LogP contribution in [-0.4, -0.2) is 18.6 Å². The SMILES string of the molecule is COc1ccc(C(CC2CCSCC2)NN)cc1F. The summed E-state index contributed by atoms with van der Waals surface area (Å²) >= 11 is 2.01. The number of benzene rings is 1. The summed E-state index contributed by atoms with van der Waals surface area (Å²) in [5.74, 6) is 8.69. The standard InChI is InChI=1S/C14H21FN2OS/c1-18-14-3-2-11(9-12(14)15)13(17-16)8-10-4-6-19-7-5-10/h2-3,9-10,13,17H,4-8,16H2,1H3. The molecule has 106 valence electrons. The van der Waals surface area contributed by atoms with Crippen LogP contribution in [0.3, 0.4) is 0 Å². The molecular weight excluding hydrogens is 263 g/mol. The summed E-state index contributed by atoms with van der Waals surface area (Å²) in [4.78, 5) is 0. The van der Waals surface area contributed by atoms with E-state index >= 15 is 0 Å². The Labute approximate surface area is 118 Å². The lowest BCUT2D eigenvalue weighted by Crippen LogP contribution is -2.30. The van der Waals surface area contributed by atoms with Gasteiger partial charge in [0.15, 0.2) is 11.6 Å². The van der Waals surface area contributed by atoms with Crippen LogP contribution in [-0.2, 0) is 0 Å². The van der Waals surface area contributed by atoms with Gasteiger partial charge in [0.2, 0.25) is 0 Å². The number of rotatable bonds is 5. The highest BCUT2D eigenvalue weighted by molar-refractivity contribution is 7.99. The third-order valence-corrected chi connectivity index (χ3v) is 4.74. The second kappa shape index (κ2) is 7.12. The smallest absolute Gasteiger partial charge is 0.165 e. The van der Waals surface area contributed by atoms with E-state index in [-0.39, 0.29) is 17.6 Å². The predicted molar refractivity (Wildman–Crippen MR) is 77.7 cm³/mol. The van der Waals surface area contributed by atoms with Crippen LogP contribution in [0.1, 0.15) is 30.9 Å². The molecule has 1 atom stereocenters. The fraction of sp³-hybridized carbons (Fsp3) is 0.571. The van der Waals surface area contributed by atoms with Gasteiger partial charge >= 0.3 is 0 Å². The lowest BCUT2D eigenvalue weighted by Gasteiger charge is -2.26. The van der Waals surface area contributed by atoms with Gasteiger partial charge in [-0.25, -0.2) is 4.39 Å². The fourth-order valence-electron chi connectivity index (χ4n) is 2.52. The number of ether oxygens (including phenoxy) is 1. The summed E-state index contributed by atoms with van der Waals surface area (Å²) in [6.45, 7) is 0. The molecule has 1 unspecified atom stereocenters. The first-order valence-corrected chi connectivity index (χ1v) is 7.77. The van der Waals surface area contributed by atoms with Gasteiger partial charge in [0.05, 0.1) is 7.11 Å². The molecule has 5 heteroatoms. The van der Waals surface area contributed by atoms with Crippen molar-refractivity contribution in [2.75, 3.05) is 18.6 Å². The highest BCUT2D eigenvalue weighted by atomic mass is 32.2. The Bertz CT molecular complexity index is 410. The Morgan fingerprint density at radius 2 is 2.21 bits per heavy atom. The van der Waals surface area contributed by atoms with Crippen molar-refractivity contribution in [3.63, 3.8) is 0 Å². The number of thioether (sulfide) groups is 1. The van der Waals surface area contributed by atoms with Crippen LogP contribution < -0.4 is 16.0 Å². The quantitative estimate of drug-likeness (QED) is 0.645. The van der Waals surface area contributed by atoms with Crippen molar-refractivity contribution in [3.05, 3.63) is 29.6 Å². The predicted octanol–water partition coefficient (Wildman–Crippen LogP) is 2.87. The van der Waals surface area contributed by atoms with E-state index in [1.165, 1.54) is 37.5 Å². The van der Waals surface area contributed by atoms with Crippen molar-refractivity contribution in [3.8, 4) is 5.75 Å². The molecule has 3 nitrogen and oxygen atoms in total. The van der Waals surface area contributed by atoms with Crippen molar-refractivity contribution in [2.45, 2.75) is 25.3 Å². The monoisotopic (exact) mass is 284 g/mol. The molecule has 0 amide bonds. The van der Waals surface area contributed by atoms with Crippen LogP contribution in [0.25, 0.3) is 0 Å². The molecule has 0 radical (unpaired) electrons. The Morgan fingerprint density at radius 1 is 1.47 bits per heavy atom. The number of hydrazine groups is 1. The van der Waals surface area contributed by atoms with Crippen LogP contribution in [0.5, 0.6) is 5.75 Å². The lowest BCUT2D eigenvalue weighted by atomic mass is 9.91. The topological polar surface area (TPSA) is 47.3 Å². The summed E-state index contributed by atoms with van der Waals surface area (Å²) in [6, 6.07) is 5.06. The number of halogens is 1. The van der Waals surface area contributed by atoms with Crippen molar-refractivity contribution in [2.24, 2.45) is 11.8 Å². The van der Waals surface area contributed by atoms with E-state index in [0.29, 0.717) is 5.92 Å². The van der Waals surface area contributed by atoms with Crippen molar-refractivity contribution >= 4 is 11.8 Å². The number of methoxy groups -OCH3 is 1. The van der Waals surface area contributed by atoms with E-state index in [0.717, 1.165) is 12.0 Å². The van der Waals surface area contributed by atoms with E-state index in [2.05, 4.69) is 5.43 Å². The molecule has 1 saturated heterocycles. The molecule has 2 rings (SSSR count). The van der Waals surface area contributed by atoms with Crippen molar-refractivity contribution in [1.29, 1.82) is 0 Å². The van der Waals surface area contributed by atoms with Crippen LogP contribution in [0.4, 0.5) is 4.39 Å². The largest absolute Gasteiger partial charge is 0.494 e. The lowest BCUT2D eigenvalue weighted by molar-refractivity contribution is 0.368. The van der Waals surface area contributed by atoms with Gasteiger partial charge in [0, 0.05) is 6.04 Å². The summed E-state index contributed by atoms with van der Waals surface area (Å²) in [6.07, 6.45) is 3.41. The molecule has 19 heavy (non-hydrogen) atoms. The minimum Gasteiger partial charge on any atom is -0.494 e. The van der Waals surface area contributed by atoms with E-state index in [1.54, 1.807) is 6.07 Å². The number of hydrogen-bond donors (Lipinski definition) is 2. The van der Waals surface area contributed by atoms with Crippen molar-refractivity contribution in [1.82, 2.24) is 5.43 Å². The average Bonchev–Trinajstić information content (AvgIpc) is 2.46. The Hall–Kier alpha value is -0.780. The first kappa shape index (κ1) is 14.6. The third kappa shape index (κ3) is 3.84. The normalized spacial score (nSPS) is 18.3. The first-order valence-electron chi connectivity index (χ1n) is 6.62. The highest BCUT2D eigenvalue weighted by Gasteiger charge is 2.20. The molecular formula is C14H21FN2OS. The van der Waals surface area contributed by atoms with Gasteiger partial charge in [-0.1, -0.05) is 6.07 Å². The molecule has 1 aromatic rings. The van der Waals surface area contributed by atoms with Crippen LogP contribution >= 0.6 is 11.8 Å². The number of nitrogens with one attached hydrogen (secondary N) is 1. The Balaban J connectivity index is 2.05. The zero-order chi connectivity index (χ0) is 13.7. The van der Waals surface area contributed by atoms with E-state index < -0.39 is 0 Å². The second-order valence-corrected chi connectivity index (χ2v) is 6.13. The van der Waals surface area contributed by atoms with Gasteiger partial charge in [-0.2, -0.15) is 11.8 Å². The first-order chi connectivity index (χ1) is 9.24. The second-order valence-electron chi connectivity index (χ2n) is 4.90. The third-order valence-electron chi connectivity index (χ3n) is 3.69. The maximum Gasteiger partial charge on any atom is 0.165 e. The molecule has 0 saturated carbocycles. The van der Waals surface area contributed by atoms with Crippen LogP contribution in [0.2, 0.25) is 0 Å². The molecule has 1 aromatic carbocycles. The van der Waals surface area contributed by atoms with Crippen LogP contribution in [0, 0.1) is 11.7 Å². The summed E-state index contributed by atoms with van der Waals surface area (Å²) < 4.78 is 18.7. The number of hydrogen-bond acceptors (Lipinski definition) is 4. The minimum atomic E-state index is -0.334. The maximum absolute atomic E-state index is 13.7. The van der Waals surface area contributed by atoms with Gasteiger partial charge < -0.3 is 4.74 Å². The highest BCUT2D eigenvalue weighted by Crippen LogP contribution is 2.31.